The maximum absolute atomic E-state index is 12.1. The first-order valence-corrected chi connectivity index (χ1v) is 18.0. The van der Waals surface area contributed by atoms with Crippen LogP contribution in [-0.2, 0) is 25.7 Å². The molecule has 8 rings (SSSR count). The average Bonchev–Trinajstić information content (AvgIpc) is 3.59. The van der Waals surface area contributed by atoms with Crippen LogP contribution in [0.5, 0.6) is 11.5 Å². The molecular weight excluding hydrogens is 512 g/mol. The van der Waals surface area contributed by atoms with E-state index in [4.69, 9.17) is 0 Å². The van der Waals surface area contributed by atoms with Crippen molar-refractivity contribution in [3.63, 3.8) is 0 Å². The van der Waals surface area contributed by atoms with E-state index in [1.54, 1.807) is 0 Å². The first-order chi connectivity index (χ1) is 20.3. The second-order valence-electron chi connectivity index (χ2n) is 16.4. The smallest absolute Gasteiger partial charge is 0.127 e. The molecule has 0 bridgehead atoms. The van der Waals surface area contributed by atoms with E-state index < -0.39 is 0 Å². The highest BCUT2D eigenvalue weighted by Gasteiger charge is 2.52. The van der Waals surface area contributed by atoms with Gasteiger partial charge in [0, 0.05) is 11.1 Å². The Morgan fingerprint density at radius 2 is 1.05 bits per heavy atom. The van der Waals surface area contributed by atoms with E-state index in [9.17, 15) is 10.2 Å². The zero-order valence-corrected chi connectivity index (χ0v) is 26.8. The molecule has 0 saturated heterocycles. The van der Waals surface area contributed by atoms with Gasteiger partial charge in [0.05, 0.1) is 0 Å². The molecule has 0 aromatic heterocycles. The summed E-state index contributed by atoms with van der Waals surface area (Å²) in [5, 5.41) is 24.1. The third kappa shape index (κ3) is 3.75. The standard InChI is InChI=1S/C40H54O2/c1-5-23-21-31-25-15-19-39(3)17-7-9-33(39)27(25)11-13-29(31)35(37(23)41)36-30-14-12-28-26(32(30)22-24(6-2)38(36)42)16-20-40(4)18-8-10-34(28)40/h21-22,25-28,33-34,41-42H,5-20H2,1-4H3/t25-,26-,27+,28+,33-,34-,39-,40-/m0/s1. The lowest BCUT2D eigenvalue weighted by molar-refractivity contribution is 0.0596. The number of phenols is 2. The van der Waals surface area contributed by atoms with Crippen LogP contribution >= 0.6 is 0 Å². The molecule has 0 amide bonds. The summed E-state index contributed by atoms with van der Waals surface area (Å²) in [5.74, 6) is 5.46. The fraction of sp³-hybridized carbons (Fsp3) is 0.700. The first kappa shape index (κ1) is 27.6. The predicted octanol–water partition coefficient (Wildman–Crippen LogP) is 10.4. The van der Waals surface area contributed by atoms with E-state index in [1.807, 2.05) is 0 Å². The molecule has 6 aliphatic carbocycles. The van der Waals surface area contributed by atoms with Crippen molar-refractivity contribution < 1.29 is 10.2 Å². The topological polar surface area (TPSA) is 40.5 Å². The molecule has 4 saturated carbocycles. The number of hydrogen-bond acceptors (Lipinski definition) is 2. The average molecular weight is 567 g/mol. The van der Waals surface area contributed by atoms with Gasteiger partial charge in [-0.1, -0.05) is 52.7 Å². The summed E-state index contributed by atoms with van der Waals surface area (Å²) < 4.78 is 0. The molecule has 2 aromatic rings. The molecule has 2 heteroatoms. The molecule has 0 unspecified atom stereocenters. The summed E-state index contributed by atoms with van der Waals surface area (Å²) in [7, 11) is 0. The summed E-state index contributed by atoms with van der Waals surface area (Å²) >= 11 is 0. The van der Waals surface area contributed by atoms with Crippen molar-refractivity contribution >= 4 is 0 Å². The summed E-state index contributed by atoms with van der Waals surface area (Å²) in [5.41, 5.74) is 11.2. The molecule has 8 atom stereocenters. The predicted molar refractivity (Wildman–Crippen MR) is 172 cm³/mol. The van der Waals surface area contributed by atoms with Gasteiger partial charge < -0.3 is 10.2 Å². The fourth-order valence-electron chi connectivity index (χ4n) is 12.6. The van der Waals surface area contributed by atoms with Crippen molar-refractivity contribution in [1.29, 1.82) is 0 Å². The van der Waals surface area contributed by atoms with Crippen LogP contribution in [0.3, 0.4) is 0 Å². The van der Waals surface area contributed by atoms with E-state index in [2.05, 4.69) is 39.8 Å². The molecule has 0 aliphatic heterocycles. The molecule has 4 fully saturated rings. The van der Waals surface area contributed by atoms with Crippen LogP contribution in [0.25, 0.3) is 11.1 Å². The summed E-state index contributed by atoms with van der Waals surface area (Å²) in [6.45, 7) is 9.57. The number of benzene rings is 2. The minimum Gasteiger partial charge on any atom is -0.507 e. The van der Waals surface area contributed by atoms with Crippen molar-refractivity contribution in [2.24, 2.45) is 34.5 Å². The van der Waals surface area contributed by atoms with E-state index in [0.717, 1.165) is 71.6 Å². The molecule has 2 aromatic carbocycles. The lowest BCUT2D eigenvalue weighted by Gasteiger charge is -2.50. The maximum Gasteiger partial charge on any atom is 0.127 e. The monoisotopic (exact) mass is 566 g/mol. The number of fused-ring (bicyclic) bond motifs is 10. The summed E-state index contributed by atoms with van der Waals surface area (Å²) in [6.07, 6.45) is 20.0. The lowest BCUT2D eigenvalue weighted by atomic mass is 9.54. The third-order valence-electron chi connectivity index (χ3n) is 14.7. The van der Waals surface area contributed by atoms with Crippen molar-refractivity contribution in [2.45, 2.75) is 142 Å². The summed E-state index contributed by atoms with van der Waals surface area (Å²) in [4.78, 5) is 0. The molecule has 0 radical (unpaired) electrons. The normalized spacial score (nSPS) is 38.2. The minimum absolute atomic E-state index is 0.469. The van der Waals surface area contributed by atoms with Gasteiger partial charge in [-0.05, 0) is 170 Å². The second kappa shape index (κ2) is 9.77. The van der Waals surface area contributed by atoms with E-state index in [0.29, 0.717) is 34.2 Å². The number of hydrogen-bond donors (Lipinski definition) is 2. The number of rotatable bonds is 3. The molecule has 42 heavy (non-hydrogen) atoms. The fourth-order valence-corrected chi connectivity index (χ4v) is 12.6. The van der Waals surface area contributed by atoms with Crippen molar-refractivity contribution in [3.05, 3.63) is 45.5 Å². The van der Waals surface area contributed by atoms with Crippen LogP contribution in [0, 0.1) is 34.5 Å². The van der Waals surface area contributed by atoms with E-state index in [1.165, 1.54) is 99.3 Å². The minimum atomic E-state index is 0.469. The van der Waals surface area contributed by atoms with Gasteiger partial charge in [-0.3, -0.25) is 0 Å². The largest absolute Gasteiger partial charge is 0.507 e. The highest BCUT2D eigenvalue weighted by molar-refractivity contribution is 5.86. The van der Waals surface area contributed by atoms with Crippen molar-refractivity contribution in [1.82, 2.24) is 0 Å². The van der Waals surface area contributed by atoms with Crippen molar-refractivity contribution in [3.8, 4) is 22.6 Å². The Labute approximate surface area is 254 Å². The van der Waals surface area contributed by atoms with Gasteiger partial charge in [-0.25, -0.2) is 0 Å². The van der Waals surface area contributed by atoms with Gasteiger partial charge in [0.15, 0.2) is 0 Å². The Kier molecular flexibility index (Phi) is 6.42. The maximum atomic E-state index is 12.1. The van der Waals surface area contributed by atoms with Gasteiger partial charge in [0.2, 0.25) is 0 Å². The van der Waals surface area contributed by atoms with Gasteiger partial charge in [0.1, 0.15) is 11.5 Å². The molecule has 226 valence electrons. The molecule has 2 nitrogen and oxygen atoms in total. The van der Waals surface area contributed by atoms with Gasteiger partial charge in [-0.15, -0.1) is 0 Å². The van der Waals surface area contributed by atoms with Crippen molar-refractivity contribution in [2.75, 3.05) is 0 Å². The van der Waals surface area contributed by atoms with Gasteiger partial charge >= 0.3 is 0 Å². The number of aryl methyl sites for hydroxylation is 2. The Balaban J connectivity index is 1.29. The quantitative estimate of drug-likeness (QED) is 0.388. The second-order valence-corrected chi connectivity index (χ2v) is 16.4. The van der Waals surface area contributed by atoms with Crippen LogP contribution < -0.4 is 0 Å². The zero-order chi connectivity index (χ0) is 29.0. The summed E-state index contributed by atoms with van der Waals surface area (Å²) in [6, 6.07) is 4.82. The Bertz CT molecular complexity index is 1310. The third-order valence-corrected chi connectivity index (χ3v) is 14.7. The molecule has 0 heterocycles. The number of aromatic hydroxyl groups is 2. The number of phenolic OH excluding ortho intramolecular Hbond substituents is 2. The van der Waals surface area contributed by atoms with Crippen LogP contribution in [0.15, 0.2) is 12.1 Å². The molecule has 0 spiro atoms. The van der Waals surface area contributed by atoms with E-state index in [-0.39, 0.29) is 0 Å². The van der Waals surface area contributed by atoms with Crippen LogP contribution in [0.4, 0.5) is 0 Å². The lowest BCUT2D eigenvalue weighted by Crippen LogP contribution is -2.40. The first-order valence-electron chi connectivity index (χ1n) is 18.0. The molecule has 6 aliphatic rings. The Morgan fingerprint density at radius 1 is 0.619 bits per heavy atom. The van der Waals surface area contributed by atoms with Crippen LogP contribution in [0.2, 0.25) is 0 Å². The Hall–Kier alpha value is -1.96. The Morgan fingerprint density at radius 3 is 1.45 bits per heavy atom. The molecule has 2 N–H and O–H groups in total. The zero-order valence-electron chi connectivity index (χ0n) is 26.8. The van der Waals surface area contributed by atoms with Crippen LogP contribution in [-0.4, -0.2) is 10.2 Å². The highest BCUT2D eigenvalue weighted by Crippen LogP contribution is 2.64. The SMILES string of the molecule is CCc1cc2c(c(-c3c(O)c(CC)cc4c3CC[C@@H]3[C@@H]4CC[C@]4(C)CCC[C@@H]34)c1O)CC[C@@H]1[C@@H]2CC[C@]2(C)CCC[C@@H]12. The molecular formula is C40H54O2. The highest BCUT2D eigenvalue weighted by atomic mass is 16.3. The van der Waals surface area contributed by atoms with Gasteiger partial charge in [-0.2, -0.15) is 0 Å². The van der Waals surface area contributed by atoms with Crippen LogP contribution in [0.1, 0.15) is 150 Å². The van der Waals surface area contributed by atoms with Gasteiger partial charge in [0.25, 0.3) is 0 Å². The van der Waals surface area contributed by atoms with E-state index >= 15 is 0 Å².